The highest BCUT2D eigenvalue weighted by Crippen LogP contribution is 2.29. The Morgan fingerprint density at radius 3 is 2.71 bits per heavy atom. The lowest BCUT2D eigenvalue weighted by molar-refractivity contribution is -0.118. The van der Waals surface area contributed by atoms with Crippen molar-refractivity contribution in [1.29, 1.82) is 0 Å². The normalized spacial score (nSPS) is 13.5. The summed E-state index contributed by atoms with van der Waals surface area (Å²) in [5.74, 6) is -0.143. The average molecular weight is 401 g/mol. The molecule has 1 saturated heterocycles. The van der Waals surface area contributed by atoms with Gasteiger partial charge in [-0.2, -0.15) is 0 Å². The van der Waals surface area contributed by atoms with E-state index in [-0.39, 0.29) is 24.2 Å². The summed E-state index contributed by atoms with van der Waals surface area (Å²) in [7, 11) is 0. The molecule has 2 aromatic rings. The Hall–Kier alpha value is -2.86. The lowest BCUT2D eigenvalue weighted by Crippen LogP contribution is -2.27. The Kier molecular flexibility index (Phi) is 6.31. The van der Waals surface area contributed by atoms with Crippen molar-refractivity contribution < 1.29 is 19.1 Å². The largest absolute Gasteiger partial charge is 0.483 e. The van der Waals surface area contributed by atoms with Crippen LogP contribution in [0.3, 0.4) is 0 Å². The van der Waals surface area contributed by atoms with Gasteiger partial charge in [-0.05, 0) is 36.8 Å². The minimum absolute atomic E-state index is 0.0434. The Labute approximate surface area is 168 Å². The van der Waals surface area contributed by atoms with E-state index in [1.165, 1.54) is 6.07 Å². The van der Waals surface area contributed by atoms with E-state index in [1.54, 1.807) is 42.2 Å². The minimum atomic E-state index is -0.385. The standard InChI is InChI=1S/C21H21ClN2O4/c1-2-18(25)15-12-14(22)9-10-19(15)28-13-20(26)23-16-6-3-4-7-17(16)24-11-5-8-21(24)27/h3-4,6-7,9-10,12H,2,5,8,11,13H2,1H3,(H,23,26). The quantitative estimate of drug-likeness (QED) is 0.710. The van der Waals surface area contributed by atoms with Crippen LogP contribution in [-0.2, 0) is 9.59 Å². The van der Waals surface area contributed by atoms with Gasteiger partial charge in [0.25, 0.3) is 5.91 Å². The van der Waals surface area contributed by atoms with Crippen molar-refractivity contribution in [2.75, 3.05) is 23.4 Å². The van der Waals surface area contributed by atoms with Gasteiger partial charge in [0.2, 0.25) is 5.91 Å². The summed E-state index contributed by atoms with van der Waals surface area (Å²) >= 11 is 5.96. The van der Waals surface area contributed by atoms with E-state index < -0.39 is 0 Å². The number of hydrogen-bond acceptors (Lipinski definition) is 4. The van der Waals surface area contributed by atoms with Gasteiger partial charge in [0.05, 0.1) is 16.9 Å². The predicted octanol–water partition coefficient (Wildman–Crippen LogP) is 4.08. The number of ether oxygens (including phenoxy) is 1. The molecule has 2 aromatic carbocycles. The molecule has 1 heterocycles. The second-order valence-electron chi connectivity index (χ2n) is 6.42. The zero-order chi connectivity index (χ0) is 20.1. The van der Waals surface area contributed by atoms with Gasteiger partial charge in [-0.25, -0.2) is 0 Å². The maximum atomic E-state index is 12.4. The Morgan fingerprint density at radius 1 is 1.21 bits per heavy atom. The van der Waals surface area contributed by atoms with Crippen molar-refractivity contribution in [1.82, 2.24) is 0 Å². The number of amides is 2. The number of nitrogens with zero attached hydrogens (tertiary/aromatic N) is 1. The molecule has 0 radical (unpaired) electrons. The average Bonchev–Trinajstić information content (AvgIpc) is 3.12. The molecule has 6 nitrogen and oxygen atoms in total. The molecule has 7 heteroatoms. The van der Waals surface area contributed by atoms with Gasteiger partial charge in [0, 0.05) is 24.4 Å². The highest BCUT2D eigenvalue weighted by Gasteiger charge is 2.24. The van der Waals surface area contributed by atoms with E-state index in [0.29, 0.717) is 47.1 Å². The summed E-state index contributed by atoms with van der Waals surface area (Å²) in [6, 6.07) is 11.9. The smallest absolute Gasteiger partial charge is 0.262 e. The van der Waals surface area contributed by atoms with Gasteiger partial charge in [-0.3, -0.25) is 14.4 Å². The maximum Gasteiger partial charge on any atom is 0.262 e. The van der Waals surface area contributed by atoms with Gasteiger partial charge in [-0.15, -0.1) is 0 Å². The molecule has 3 rings (SSSR count). The molecule has 2 amide bonds. The van der Waals surface area contributed by atoms with Crippen molar-refractivity contribution >= 4 is 40.6 Å². The minimum Gasteiger partial charge on any atom is -0.483 e. The summed E-state index contributed by atoms with van der Waals surface area (Å²) in [6.45, 7) is 2.11. The highest BCUT2D eigenvalue weighted by molar-refractivity contribution is 6.31. The molecule has 0 aromatic heterocycles. The molecule has 0 bridgehead atoms. The van der Waals surface area contributed by atoms with Crippen LogP contribution >= 0.6 is 11.6 Å². The van der Waals surface area contributed by atoms with Crippen LogP contribution in [0.4, 0.5) is 11.4 Å². The van der Waals surface area contributed by atoms with E-state index in [1.807, 2.05) is 6.07 Å². The van der Waals surface area contributed by atoms with Crippen molar-refractivity contribution in [3.05, 3.63) is 53.1 Å². The first-order chi connectivity index (χ1) is 13.5. The number of anilines is 2. The number of halogens is 1. The molecule has 1 aliphatic rings. The molecule has 28 heavy (non-hydrogen) atoms. The molecule has 0 spiro atoms. The van der Waals surface area contributed by atoms with Crippen LogP contribution in [0.15, 0.2) is 42.5 Å². The third-order valence-corrected chi connectivity index (χ3v) is 4.70. The van der Waals surface area contributed by atoms with Gasteiger partial charge in [0.1, 0.15) is 5.75 Å². The second kappa shape index (κ2) is 8.89. The number of rotatable bonds is 7. The van der Waals surface area contributed by atoms with Crippen LogP contribution in [0, 0.1) is 0 Å². The number of hydrogen-bond donors (Lipinski definition) is 1. The third kappa shape index (κ3) is 4.51. The number of nitrogens with one attached hydrogen (secondary N) is 1. The van der Waals surface area contributed by atoms with Crippen molar-refractivity contribution in [2.45, 2.75) is 26.2 Å². The summed E-state index contributed by atoms with van der Waals surface area (Å²) in [5, 5.41) is 3.21. The van der Waals surface area contributed by atoms with Gasteiger partial charge in [0.15, 0.2) is 12.4 Å². The fourth-order valence-corrected chi connectivity index (χ4v) is 3.26. The number of para-hydroxylation sites is 2. The molecule has 1 N–H and O–H groups in total. The van der Waals surface area contributed by atoms with E-state index in [9.17, 15) is 14.4 Å². The summed E-state index contributed by atoms with van der Waals surface area (Å²) in [5.41, 5.74) is 1.57. The Morgan fingerprint density at radius 2 is 2.00 bits per heavy atom. The van der Waals surface area contributed by atoms with Crippen LogP contribution in [0.1, 0.15) is 36.5 Å². The first-order valence-electron chi connectivity index (χ1n) is 9.14. The molecule has 0 saturated carbocycles. The molecule has 0 unspecified atom stereocenters. The molecular weight excluding hydrogens is 380 g/mol. The molecule has 1 fully saturated rings. The topological polar surface area (TPSA) is 75.7 Å². The van der Waals surface area contributed by atoms with Crippen LogP contribution in [0.25, 0.3) is 0 Å². The van der Waals surface area contributed by atoms with Crippen molar-refractivity contribution in [2.24, 2.45) is 0 Å². The summed E-state index contributed by atoms with van der Waals surface area (Å²) < 4.78 is 5.56. The second-order valence-corrected chi connectivity index (χ2v) is 6.86. The summed E-state index contributed by atoms with van der Waals surface area (Å²) in [6.07, 6.45) is 1.62. The number of benzene rings is 2. The zero-order valence-corrected chi connectivity index (χ0v) is 16.3. The molecule has 146 valence electrons. The van der Waals surface area contributed by atoms with Crippen LogP contribution in [0.5, 0.6) is 5.75 Å². The molecule has 0 aliphatic carbocycles. The van der Waals surface area contributed by atoms with Crippen LogP contribution < -0.4 is 15.0 Å². The SMILES string of the molecule is CCC(=O)c1cc(Cl)ccc1OCC(=O)Nc1ccccc1N1CCCC1=O. The summed E-state index contributed by atoms with van der Waals surface area (Å²) in [4.78, 5) is 38.2. The molecule has 0 atom stereocenters. The lowest BCUT2D eigenvalue weighted by Gasteiger charge is -2.20. The monoisotopic (exact) mass is 400 g/mol. The zero-order valence-electron chi connectivity index (χ0n) is 15.5. The number of Topliss-reactive ketones (excluding diaryl/α,β-unsaturated/α-hetero) is 1. The maximum absolute atomic E-state index is 12.4. The van der Waals surface area contributed by atoms with Crippen molar-refractivity contribution in [3.63, 3.8) is 0 Å². The number of ketones is 1. The first kappa shape index (κ1) is 19.9. The van der Waals surface area contributed by atoms with Crippen LogP contribution in [0.2, 0.25) is 5.02 Å². The van der Waals surface area contributed by atoms with E-state index in [4.69, 9.17) is 16.3 Å². The van der Waals surface area contributed by atoms with Gasteiger partial charge in [-0.1, -0.05) is 30.7 Å². The van der Waals surface area contributed by atoms with Gasteiger partial charge >= 0.3 is 0 Å². The predicted molar refractivity (Wildman–Crippen MR) is 108 cm³/mol. The number of carbonyl (C=O) groups is 3. The fraction of sp³-hybridized carbons (Fsp3) is 0.286. The van der Waals surface area contributed by atoms with E-state index in [2.05, 4.69) is 5.32 Å². The first-order valence-corrected chi connectivity index (χ1v) is 9.52. The lowest BCUT2D eigenvalue weighted by atomic mass is 10.1. The third-order valence-electron chi connectivity index (χ3n) is 4.46. The number of carbonyl (C=O) groups excluding carboxylic acids is 3. The van der Waals surface area contributed by atoms with E-state index >= 15 is 0 Å². The van der Waals surface area contributed by atoms with Gasteiger partial charge < -0.3 is 15.0 Å². The Bertz CT molecular complexity index is 913. The van der Waals surface area contributed by atoms with E-state index in [0.717, 1.165) is 6.42 Å². The fourth-order valence-electron chi connectivity index (χ4n) is 3.08. The Balaban J connectivity index is 1.69. The van der Waals surface area contributed by atoms with Crippen molar-refractivity contribution in [3.8, 4) is 5.75 Å². The molecule has 1 aliphatic heterocycles. The molecular formula is C21H21ClN2O4. The van der Waals surface area contributed by atoms with Crippen LogP contribution in [-0.4, -0.2) is 30.7 Å². The highest BCUT2D eigenvalue weighted by atomic mass is 35.5.